The van der Waals surface area contributed by atoms with Gasteiger partial charge < -0.3 is 29.6 Å². The number of carbonyl (C=O) groups excluding carboxylic acids is 2. The second-order valence-corrected chi connectivity index (χ2v) is 10.8. The number of morpholine rings is 1. The number of amides is 2. The third kappa shape index (κ3) is 7.30. The zero-order chi connectivity index (χ0) is 31.1. The maximum atomic E-state index is 11.7. The molecule has 2 aromatic heterocycles. The fraction of sp³-hybridized carbons (Fsp3) is 0.414. The van der Waals surface area contributed by atoms with Crippen LogP contribution in [0.2, 0.25) is 10.0 Å². The Labute approximate surface area is 264 Å². The van der Waals surface area contributed by atoms with Crippen LogP contribution in [0.3, 0.4) is 0 Å². The first-order valence-corrected chi connectivity index (χ1v) is 14.8. The highest BCUT2D eigenvalue weighted by Gasteiger charge is 2.28. The summed E-state index contributed by atoms with van der Waals surface area (Å²) in [5, 5.41) is 10.1. The lowest BCUT2D eigenvalue weighted by Gasteiger charge is -2.26. The van der Waals surface area contributed by atoms with Gasteiger partial charge in [0.1, 0.15) is 17.0 Å². The second kappa shape index (κ2) is 14.8. The lowest BCUT2D eigenvalue weighted by molar-refractivity contribution is -0.121. The van der Waals surface area contributed by atoms with Crippen molar-refractivity contribution in [1.82, 2.24) is 25.2 Å². The molecule has 4 heterocycles. The average molecular weight is 647 g/mol. The molecular formula is C29H33Cl2N7O6. The molecule has 2 atom stereocenters. The van der Waals surface area contributed by atoms with Crippen molar-refractivity contribution >= 4 is 58.2 Å². The largest absolute Gasteiger partial charge is 0.495 e. The molecule has 15 heteroatoms. The number of imide groups is 1. The molecule has 0 bridgehead atoms. The highest BCUT2D eigenvalue weighted by Crippen LogP contribution is 2.46. The Morgan fingerprint density at radius 3 is 2.55 bits per heavy atom. The summed E-state index contributed by atoms with van der Waals surface area (Å²) in [6, 6.07) is 3.25. The van der Waals surface area contributed by atoms with E-state index in [9.17, 15) is 9.59 Å². The number of fused-ring (bicyclic) bond motifs is 1. The Bertz CT molecular complexity index is 1510. The summed E-state index contributed by atoms with van der Waals surface area (Å²) in [7, 11) is 3.03. The fourth-order valence-corrected chi connectivity index (χ4v) is 5.71. The summed E-state index contributed by atoms with van der Waals surface area (Å²) in [5.41, 5.74) is 1.54. The van der Waals surface area contributed by atoms with Gasteiger partial charge in [-0.1, -0.05) is 29.3 Å². The van der Waals surface area contributed by atoms with Crippen LogP contribution in [0.25, 0.3) is 22.2 Å². The molecule has 1 aromatic carbocycles. The second-order valence-electron chi connectivity index (χ2n) is 10.1. The number of pyridine rings is 1. The van der Waals surface area contributed by atoms with Crippen LogP contribution in [0.15, 0.2) is 30.5 Å². The van der Waals surface area contributed by atoms with Crippen LogP contribution in [0.1, 0.15) is 0 Å². The number of carbonyl (C=O) groups is 2. The van der Waals surface area contributed by atoms with Crippen LogP contribution in [0, 0.1) is 5.92 Å². The van der Waals surface area contributed by atoms with Gasteiger partial charge >= 0.3 is 0 Å². The van der Waals surface area contributed by atoms with Crippen molar-refractivity contribution in [3.8, 4) is 22.8 Å². The fourth-order valence-electron chi connectivity index (χ4n) is 5.02. The van der Waals surface area contributed by atoms with Gasteiger partial charge in [-0.2, -0.15) is 0 Å². The van der Waals surface area contributed by atoms with E-state index in [-0.39, 0.29) is 12.0 Å². The predicted octanol–water partition coefficient (Wildman–Crippen LogP) is 3.02. The molecule has 0 spiro atoms. The minimum Gasteiger partial charge on any atom is -0.495 e. The molecule has 0 saturated carbocycles. The molecule has 234 valence electrons. The normalized spacial score (nSPS) is 18.8. The third-order valence-corrected chi connectivity index (χ3v) is 8.11. The van der Waals surface area contributed by atoms with Gasteiger partial charge in [0.25, 0.3) is 0 Å². The van der Waals surface area contributed by atoms with E-state index in [0.717, 1.165) is 19.6 Å². The number of rotatable bonds is 12. The number of ether oxygens (including phenoxy) is 4. The number of halogens is 2. The highest BCUT2D eigenvalue weighted by molar-refractivity contribution is 6.41. The van der Waals surface area contributed by atoms with Gasteiger partial charge in [0.15, 0.2) is 5.82 Å². The molecule has 2 aliphatic rings. The first kappa shape index (κ1) is 31.7. The highest BCUT2D eigenvalue weighted by atomic mass is 35.5. The van der Waals surface area contributed by atoms with E-state index in [2.05, 4.69) is 25.8 Å². The number of aromatic nitrogens is 3. The van der Waals surface area contributed by atoms with E-state index in [1.165, 1.54) is 20.3 Å². The Morgan fingerprint density at radius 2 is 1.84 bits per heavy atom. The van der Waals surface area contributed by atoms with E-state index >= 15 is 0 Å². The van der Waals surface area contributed by atoms with Crippen LogP contribution in [-0.4, -0.2) is 105 Å². The monoisotopic (exact) mass is 645 g/mol. The van der Waals surface area contributed by atoms with Crippen LogP contribution in [-0.2, 0) is 19.1 Å². The lowest BCUT2D eigenvalue weighted by Crippen LogP contribution is -2.39. The minimum atomic E-state index is -0.504. The van der Waals surface area contributed by atoms with Crippen molar-refractivity contribution < 1.29 is 28.5 Å². The topological polar surface area (TPSA) is 149 Å². The smallest absolute Gasteiger partial charge is 0.250 e. The molecule has 0 aliphatic carbocycles. The molecule has 2 aliphatic heterocycles. The number of hydrogen-bond acceptors (Lipinski definition) is 12. The zero-order valence-electron chi connectivity index (χ0n) is 24.3. The number of anilines is 2. The Morgan fingerprint density at radius 1 is 1.09 bits per heavy atom. The third-order valence-electron chi connectivity index (χ3n) is 7.35. The van der Waals surface area contributed by atoms with Crippen molar-refractivity contribution in [2.24, 2.45) is 5.92 Å². The maximum Gasteiger partial charge on any atom is 0.250 e. The van der Waals surface area contributed by atoms with Crippen LogP contribution >= 0.6 is 23.2 Å². The quantitative estimate of drug-likeness (QED) is 0.196. The van der Waals surface area contributed by atoms with Gasteiger partial charge in [-0.3, -0.25) is 19.8 Å². The SMILES string of the molecule is COc1cc(OC)c(Cl)c(-c2cc3cnc(N[C@@H]4COC[C@@H]4C=CC(=O)NC=O)nc3c(NCCN3CCOCC3)n2)c1Cl. The number of methoxy groups -OCH3 is 2. The van der Waals surface area contributed by atoms with Gasteiger partial charge in [-0.25, -0.2) is 15.0 Å². The van der Waals surface area contributed by atoms with Crippen LogP contribution in [0.5, 0.6) is 11.5 Å². The van der Waals surface area contributed by atoms with E-state index in [0.29, 0.717) is 94.9 Å². The van der Waals surface area contributed by atoms with Crippen molar-refractivity contribution in [3.05, 3.63) is 40.5 Å². The molecule has 44 heavy (non-hydrogen) atoms. The molecule has 0 unspecified atom stereocenters. The van der Waals surface area contributed by atoms with Gasteiger partial charge in [0, 0.05) is 55.3 Å². The van der Waals surface area contributed by atoms with Crippen molar-refractivity contribution in [1.29, 1.82) is 0 Å². The van der Waals surface area contributed by atoms with E-state index in [1.54, 1.807) is 18.3 Å². The summed E-state index contributed by atoms with van der Waals surface area (Å²) >= 11 is 13.5. The van der Waals surface area contributed by atoms with Crippen molar-refractivity contribution in [2.45, 2.75) is 6.04 Å². The molecule has 13 nitrogen and oxygen atoms in total. The van der Waals surface area contributed by atoms with Gasteiger partial charge in [-0.15, -0.1) is 0 Å². The summed E-state index contributed by atoms with van der Waals surface area (Å²) in [6.45, 7) is 5.31. The van der Waals surface area contributed by atoms with Gasteiger partial charge in [-0.05, 0) is 12.1 Å². The summed E-state index contributed by atoms with van der Waals surface area (Å²) < 4.78 is 22.0. The minimum absolute atomic E-state index is 0.134. The molecule has 2 fully saturated rings. The Balaban J connectivity index is 1.48. The van der Waals surface area contributed by atoms with Crippen molar-refractivity contribution in [2.75, 3.05) is 77.5 Å². The van der Waals surface area contributed by atoms with E-state index in [1.807, 2.05) is 6.07 Å². The lowest BCUT2D eigenvalue weighted by atomic mass is 10.0. The van der Waals surface area contributed by atoms with Crippen LogP contribution < -0.4 is 25.4 Å². The molecular weight excluding hydrogens is 613 g/mol. The van der Waals surface area contributed by atoms with Gasteiger partial charge in [0.2, 0.25) is 18.3 Å². The molecule has 5 rings (SSSR count). The van der Waals surface area contributed by atoms with Crippen LogP contribution in [0.4, 0.5) is 11.8 Å². The van der Waals surface area contributed by atoms with E-state index < -0.39 is 5.91 Å². The molecule has 0 radical (unpaired) electrons. The summed E-state index contributed by atoms with van der Waals surface area (Å²) in [5.74, 6) is 1.05. The molecule has 3 aromatic rings. The first-order chi connectivity index (χ1) is 21.4. The summed E-state index contributed by atoms with van der Waals surface area (Å²) in [4.78, 5) is 38.8. The first-order valence-electron chi connectivity index (χ1n) is 14.0. The molecule has 2 amide bonds. The number of nitrogens with one attached hydrogen (secondary N) is 3. The average Bonchev–Trinajstić information content (AvgIpc) is 3.47. The van der Waals surface area contributed by atoms with E-state index in [4.69, 9.17) is 52.1 Å². The number of nitrogens with zero attached hydrogens (tertiary/aromatic N) is 4. The van der Waals surface area contributed by atoms with Gasteiger partial charge in [0.05, 0.1) is 62.4 Å². The number of benzene rings is 1. The Kier molecular flexibility index (Phi) is 10.7. The molecule has 3 N–H and O–H groups in total. The summed E-state index contributed by atoms with van der Waals surface area (Å²) in [6.07, 6.45) is 5.05. The maximum absolute atomic E-state index is 11.7. The van der Waals surface area contributed by atoms with Crippen molar-refractivity contribution in [3.63, 3.8) is 0 Å². The standard InChI is InChI=1S/C29H33Cl2N7O6/c1-41-21-12-22(42-2)26(31)24(25(21)30)19-11-18-13-33-29(36-20-15-44-14-17(20)3-4-23(40)34-16-39)37-27(18)28(35-19)32-5-6-38-7-9-43-10-8-38/h3-4,11-13,16-17,20H,5-10,14-15H2,1-2H3,(H,32,35)(H,33,36,37)(H,34,39,40)/t17-,20+/m0/s1. The molecule has 2 saturated heterocycles. The zero-order valence-corrected chi connectivity index (χ0v) is 25.8. The Hall–Kier alpha value is -3.75. The number of hydrogen-bond donors (Lipinski definition) is 3. The predicted molar refractivity (Wildman–Crippen MR) is 167 cm³/mol.